The first-order chi connectivity index (χ1) is 14.4. The molecule has 1 atom stereocenters. The van der Waals surface area contributed by atoms with Crippen molar-refractivity contribution in [3.8, 4) is 0 Å². The minimum atomic E-state index is -0.439. The number of anilines is 1. The minimum Gasteiger partial charge on any atom is -0.325 e. The highest BCUT2D eigenvalue weighted by Crippen LogP contribution is 2.33. The van der Waals surface area contributed by atoms with Gasteiger partial charge in [-0.05, 0) is 61.0 Å². The zero-order valence-electron chi connectivity index (χ0n) is 16.8. The number of nitrogens with zero attached hydrogens (tertiary/aromatic N) is 2. The molecule has 0 spiro atoms. The second kappa shape index (κ2) is 8.64. The lowest BCUT2D eigenvalue weighted by molar-refractivity contribution is -0.498. The van der Waals surface area contributed by atoms with Crippen molar-refractivity contribution in [3.63, 3.8) is 0 Å². The van der Waals surface area contributed by atoms with Crippen molar-refractivity contribution in [2.75, 3.05) is 12.4 Å². The number of rotatable bonds is 5. The van der Waals surface area contributed by atoms with E-state index in [1.807, 2.05) is 31.4 Å². The lowest BCUT2D eigenvalue weighted by Gasteiger charge is -2.27. The van der Waals surface area contributed by atoms with Crippen LogP contribution in [0.3, 0.4) is 0 Å². The number of allylic oxidation sites excluding steroid dienone is 4. The van der Waals surface area contributed by atoms with Gasteiger partial charge in [-0.2, -0.15) is 0 Å². The summed E-state index contributed by atoms with van der Waals surface area (Å²) in [6, 6.07) is 3.93. The van der Waals surface area contributed by atoms with Crippen LogP contribution in [0.25, 0.3) is 0 Å². The van der Waals surface area contributed by atoms with Crippen molar-refractivity contribution in [1.29, 1.82) is 0 Å². The Bertz CT molecular complexity index is 1000. The molecule has 4 rings (SSSR count). The van der Waals surface area contributed by atoms with Gasteiger partial charge in [0.15, 0.2) is 7.05 Å². The molecule has 0 aromatic heterocycles. The van der Waals surface area contributed by atoms with E-state index in [9.17, 15) is 14.0 Å². The standard InChI is InChI=1S/C23H23ClFN3O2/c1-28-22(17-4-2-3-5-19(17)27-28)21(29)12-14-6-8-15(9-7-14)23(30)26-20-11-10-16(25)13-18(20)24/h2-5,10-11,13-15,17H,6-9,12H2,1H3/p+1. The number of hydrogen-bond donors (Lipinski definition) is 1. The van der Waals surface area contributed by atoms with E-state index in [1.165, 1.54) is 18.2 Å². The largest absolute Gasteiger partial charge is 0.325 e. The Labute approximate surface area is 180 Å². The number of fused-ring (bicyclic) bond motifs is 1. The van der Waals surface area contributed by atoms with Gasteiger partial charge in [0.2, 0.25) is 11.7 Å². The van der Waals surface area contributed by atoms with Crippen LogP contribution in [0, 0.1) is 23.6 Å². The van der Waals surface area contributed by atoms with Crippen LogP contribution < -0.4 is 5.32 Å². The molecule has 1 aromatic rings. The molecule has 0 saturated heterocycles. The summed E-state index contributed by atoms with van der Waals surface area (Å²) in [6.45, 7) is 0. The van der Waals surface area contributed by atoms with E-state index >= 15 is 0 Å². The average Bonchev–Trinajstić information content (AvgIpc) is 3.06. The van der Waals surface area contributed by atoms with Crippen LogP contribution in [-0.4, -0.2) is 34.8 Å². The Morgan fingerprint density at radius 2 is 2.00 bits per heavy atom. The molecule has 1 heterocycles. The van der Waals surface area contributed by atoms with E-state index in [0.717, 1.165) is 37.1 Å². The lowest BCUT2D eigenvalue weighted by atomic mass is 9.78. The van der Waals surface area contributed by atoms with Crippen LogP contribution in [0.15, 0.2) is 47.6 Å². The number of amides is 1. The van der Waals surface area contributed by atoms with Gasteiger partial charge in [-0.1, -0.05) is 34.5 Å². The van der Waals surface area contributed by atoms with Crippen LogP contribution in [0.5, 0.6) is 0 Å². The molecule has 1 amide bonds. The molecule has 0 bridgehead atoms. The lowest BCUT2D eigenvalue weighted by Crippen LogP contribution is -2.32. The van der Waals surface area contributed by atoms with Gasteiger partial charge in [0, 0.05) is 12.3 Å². The molecule has 3 aliphatic rings. The number of ketones is 1. The Morgan fingerprint density at radius 3 is 2.73 bits per heavy atom. The van der Waals surface area contributed by atoms with Crippen LogP contribution in [-0.2, 0) is 9.59 Å². The predicted octanol–water partition coefficient (Wildman–Crippen LogP) is 4.38. The maximum atomic E-state index is 13.2. The number of carbonyl (C=O) groups is 2. The zero-order valence-corrected chi connectivity index (χ0v) is 17.5. The molecular formula is C23H24ClFN3O2+. The molecule has 1 N–H and O–H groups in total. The number of hydrogen-bond acceptors (Lipinski definition) is 3. The van der Waals surface area contributed by atoms with Crippen molar-refractivity contribution in [3.05, 3.63) is 53.3 Å². The average molecular weight is 429 g/mol. The highest BCUT2D eigenvalue weighted by Gasteiger charge is 2.40. The summed E-state index contributed by atoms with van der Waals surface area (Å²) in [4.78, 5) is 25.5. The SMILES string of the molecule is C[N+]1=C(C(=O)CC2CCC(C(=O)Nc3ccc(F)cc3Cl)CC2)C2C=CC=CC2=N1. The van der Waals surface area contributed by atoms with Crippen molar-refractivity contribution in [2.45, 2.75) is 32.1 Å². The zero-order chi connectivity index (χ0) is 21.3. The van der Waals surface area contributed by atoms with E-state index in [-0.39, 0.29) is 34.5 Å². The first-order valence-electron chi connectivity index (χ1n) is 10.3. The molecule has 1 saturated carbocycles. The fourth-order valence-corrected chi connectivity index (χ4v) is 4.68. The smallest absolute Gasteiger partial charge is 0.263 e. The molecule has 7 heteroatoms. The van der Waals surface area contributed by atoms with Gasteiger partial charge in [-0.3, -0.25) is 9.59 Å². The topological polar surface area (TPSA) is 61.5 Å². The summed E-state index contributed by atoms with van der Waals surface area (Å²) in [5.41, 5.74) is 2.06. The third-order valence-electron chi connectivity index (χ3n) is 6.08. The Morgan fingerprint density at radius 1 is 1.23 bits per heavy atom. The second-order valence-corrected chi connectivity index (χ2v) is 8.52. The first-order valence-corrected chi connectivity index (χ1v) is 10.6. The summed E-state index contributed by atoms with van der Waals surface area (Å²) in [6.07, 6.45) is 11.4. The Kier molecular flexibility index (Phi) is 5.95. The van der Waals surface area contributed by atoms with Gasteiger partial charge in [0.25, 0.3) is 5.71 Å². The maximum absolute atomic E-state index is 13.2. The van der Waals surface area contributed by atoms with Gasteiger partial charge >= 0.3 is 0 Å². The molecule has 2 aliphatic carbocycles. The monoisotopic (exact) mass is 428 g/mol. The minimum absolute atomic E-state index is 0.0462. The van der Waals surface area contributed by atoms with E-state index in [0.29, 0.717) is 12.1 Å². The molecule has 5 nitrogen and oxygen atoms in total. The van der Waals surface area contributed by atoms with Gasteiger partial charge in [-0.25, -0.2) is 4.39 Å². The van der Waals surface area contributed by atoms with Crippen molar-refractivity contribution in [1.82, 2.24) is 0 Å². The molecule has 1 fully saturated rings. The maximum Gasteiger partial charge on any atom is 0.263 e. The van der Waals surface area contributed by atoms with Gasteiger partial charge in [-0.15, -0.1) is 0 Å². The van der Waals surface area contributed by atoms with Gasteiger partial charge in [0.05, 0.1) is 10.7 Å². The number of carbonyl (C=O) groups excluding carboxylic acids is 2. The van der Waals surface area contributed by atoms with Gasteiger partial charge < -0.3 is 5.32 Å². The second-order valence-electron chi connectivity index (χ2n) is 8.11. The molecular weight excluding hydrogens is 405 g/mol. The summed E-state index contributed by atoms with van der Waals surface area (Å²) in [7, 11) is 1.82. The Hall–Kier alpha value is -2.60. The molecule has 30 heavy (non-hydrogen) atoms. The quantitative estimate of drug-likeness (QED) is 0.707. The van der Waals surface area contributed by atoms with E-state index in [2.05, 4.69) is 10.4 Å². The number of Topliss-reactive ketones (excluding diaryl/α,β-unsaturated/α-hetero) is 1. The predicted molar refractivity (Wildman–Crippen MR) is 116 cm³/mol. The van der Waals surface area contributed by atoms with Crippen LogP contribution >= 0.6 is 11.6 Å². The summed E-state index contributed by atoms with van der Waals surface area (Å²) < 4.78 is 14.9. The van der Waals surface area contributed by atoms with Crippen LogP contribution in [0.4, 0.5) is 10.1 Å². The van der Waals surface area contributed by atoms with E-state index < -0.39 is 5.82 Å². The summed E-state index contributed by atoms with van der Waals surface area (Å²) in [5, 5.41) is 7.45. The number of halogens is 2. The third kappa shape index (κ3) is 4.29. The van der Waals surface area contributed by atoms with E-state index in [1.54, 1.807) is 4.68 Å². The van der Waals surface area contributed by atoms with Gasteiger partial charge in [0.1, 0.15) is 17.4 Å². The summed E-state index contributed by atoms with van der Waals surface area (Å²) >= 11 is 6.00. The number of nitrogens with one attached hydrogen (secondary N) is 1. The normalized spacial score (nSPS) is 25.2. The fraction of sp³-hybridized carbons (Fsp3) is 0.391. The molecule has 1 aliphatic heterocycles. The number of benzene rings is 1. The highest BCUT2D eigenvalue weighted by molar-refractivity contribution is 6.44. The van der Waals surface area contributed by atoms with Crippen molar-refractivity contribution >= 4 is 40.4 Å². The van der Waals surface area contributed by atoms with Crippen LogP contribution in [0.2, 0.25) is 5.02 Å². The fourth-order valence-electron chi connectivity index (χ4n) is 4.46. The first kappa shape index (κ1) is 20.7. The van der Waals surface area contributed by atoms with E-state index in [4.69, 9.17) is 11.6 Å². The molecule has 1 aromatic carbocycles. The highest BCUT2D eigenvalue weighted by atomic mass is 35.5. The molecule has 0 radical (unpaired) electrons. The molecule has 156 valence electrons. The number of hydrazone groups is 1. The van der Waals surface area contributed by atoms with Crippen LogP contribution in [0.1, 0.15) is 32.1 Å². The van der Waals surface area contributed by atoms with Crippen molar-refractivity contribution in [2.24, 2.45) is 22.9 Å². The summed E-state index contributed by atoms with van der Waals surface area (Å²) in [5.74, 6) is -0.312. The third-order valence-corrected chi connectivity index (χ3v) is 6.39. The van der Waals surface area contributed by atoms with Crippen molar-refractivity contribution < 1.29 is 18.7 Å². The Balaban J connectivity index is 1.30. The molecule has 1 unspecified atom stereocenters.